The Balaban J connectivity index is 2.59. The van der Waals surface area contributed by atoms with Gasteiger partial charge in [0.2, 0.25) is 5.88 Å². The van der Waals surface area contributed by atoms with Gasteiger partial charge < -0.3 is 14.8 Å². The number of hydrogen-bond acceptors (Lipinski definition) is 4. The molecule has 0 saturated carbocycles. The Labute approximate surface area is 123 Å². The first-order valence-corrected chi connectivity index (χ1v) is 6.35. The summed E-state index contributed by atoms with van der Waals surface area (Å²) in [4.78, 5) is 15.4. The van der Waals surface area contributed by atoms with Gasteiger partial charge in [-0.15, -0.1) is 0 Å². The van der Waals surface area contributed by atoms with Crippen molar-refractivity contribution < 1.29 is 14.3 Å². The molecule has 20 heavy (non-hydrogen) atoms. The maximum Gasteiger partial charge on any atom is 0.408 e. The van der Waals surface area contributed by atoms with Crippen molar-refractivity contribution in [3.8, 4) is 17.7 Å². The molecule has 0 bridgehead atoms. The van der Waals surface area contributed by atoms with Crippen molar-refractivity contribution in [1.82, 2.24) is 10.3 Å². The number of nitrogens with one attached hydrogen (secondary N) is 1. The number of carbonyl (C=O) groups is 1. The van der Waals surface area contributed by atoms with Crippen molar-refractivity contribution in [1.29, 1.82) is 0 Å². The summed E-state index contributed by atoms with van der Waals surface area (Å²) < 4.78 is 10.1. The number of hydrogen-bond donors (Lipinski definition) is 1. The van der Waals surface area contributed by atoms with Crippen molar-refractivity contribution in [3.63, 3.8) is 0 Å². The number of nitrogens with zero attached hydrogens (tertiary/aromatic N) is 1. The molecule has 1 heterocycles. The summed E-state index contributed by atoms with van der Waals surface area (Å²) in [7, 11) is 1.50. The first-order chi connectivity index (χ1) is 9.31. The van der Waals surface area contributed by atoms with E-state index >= 15 is 0 Å². The van der Waals surface area contributed by atoms with Crippen molar-refractivity contribution >= 4 is 17.7 Å². The summed E-state index contributed by atoms with van der Waals surface area (Å²) in [6.07, 6.45) is 0.966. The van der Waals surface area contributed by atoms with E-state index in [1.54, 1.807) is 26.8 Å². The number of halogens is 1. The highest BCUT2D eigenvalue weighted by molar-refractivity contribution is 6.30. The van der Waals surface area contributed by atoms with Gasteiger partial charge in [0.15, 0.2) is 0 Å². The van der Waals surface area contributed by atoms with Gasteiger partial charge in [-0.3, -0.25) is 0 Å². The average molecular weight is 297 g/mol. The van der Waals surface area contributed by atoms with Crippen molar-refractivity contribution in [3.05, 3.63) is 22.8 Å². The molecule has 1 aromatic heterocycles. The number of methoxy groups -OCH3 is 1. The van der Waals surface area contributed by atoms with Crippen LogP contribution < -0.4 is 10.1 Å². The lowest BCUT2D eigenvalue weighted by Gasteiger charge is -2.19. The fourth-order valence-corrected chi connectivity index (χ4v) is 1.41. The summed E-state index contributed by atoms with van der Waals surface area (Å²) in [5.74, 6) is 6.00. The van der Waals surface area contributed by atoms with Gasteiger partial charge in [0.1, 0.15) is 5.60 Å². The summed E-state index contributed by atoms with van der Waals surface area (Å²) in [5.41, 5.74) is 0.0309. The lowest BCUT2D eigenvalue weighted by atomic mass is 10.2. The van der Waals surface area contributed by atoms with Gasteiger partial charge in [-0.25, -0.2) is 9.78 Å². The van der Waals surface area contributed by atoms with E-state index in [1.165, 1.54) is 13.3 Å². The fourth-order valence-electron chi connectivity index (χ4n) is 1.25. The SMILES string of the molecule is COc1ncc(Cl)cc1C#CCNC(=O)OC(C)(C)C. The second-order valence-electron chi connectivity index (χ2n) is 4.87. The molecule has 108 valence electrons. The van der Waals surface area contributed by atoms with E-state index in [-0.39, 0.29) is 6.54 Å². The first-order valence-electron chi connectivity index (χ1n) is 5.97. The van der Waals surface area contributed by atoms with E-state index in [2.05, 4.69) is 22.1 Å². The largest absolute Gasteiger partial charge is 0.480 e. The molecular weight excluding hydrogens is 280 g/mol. The number of amides is 1. The van der Waals surface area contributed by atoms with Crippen LogP contribution in [-0.2, 0) is 4.74 Å². The Morgan fingerprint density at radius 2 is 2.20 bits per heavy atom. The van der Waals surface area contributed by atoms with Crippen LogP contribution in [0.5, 0.6) is 5.88 Å². The van der Waals surface area contributed by atoms with E-state index in [0.717, 1.165) is 0 Å². The standard InChI is InChI=1S/C14H17ClN2O3/c1-14(2,3)20-13(18)16-7-5-6-10-8-11(15)9-17-12(10)19-4/h8-9H,7H2,1-4H3,(H,16,18). The topological polar surface area (TPSA) is 60.5 Å². The Morgan fingerprint density at radius 3 is 2.80 bits per heavy atom. The van der Waals surface area contributed by atoms with E-state index in [9.17, 15) is 4.79 Å². The highest BCUT2D eigenvalue weighted by Crippen LogP contribution is 2.17. The number of aromatic nitrogens is 1. The molecule has 0 aliphatic heterocycles. The van der Waals surface area contributed by atoms with Gasteiger partial charge in [-0.2, -0.15) is 0 Å². The third-order valence-electron chi connectivity index (χ3n) is 1.95. The average Bonchev–Trinajstić information content (AvgIpc) is 2.33. The molecule has 0 fully saturated rings. The lowest BCUT2D eigenvalue weighted by molar-refractivity contribution is 0.0535. The minimum absolute atomic E-state index is 0.157. The zero-order chi connectivity index (χ0) is 15.2. The molecule has 0 aromatic carbocycles. The minimum Gasteiger partial charge on any atom is -0.480 e. The Morgan fingerprint density at radius 1 is 1.50 bits per heavy atom. The smallest absolute Gasteiger partial charge is 0.408 e. The van der Waals surface area contributed by atoms with Gasteiger partial charge in [0.05, 0.1) is 24.2 Å². The van der Waals surface area contributed by atoms with Gasteiger partial charge in [0.25, 0.3) is 0 Å². The summed E-state index contributed by atoms with van der Waals surface area (Å²) in [5, 5.41) is 3.00. The van der Waals surface area contributed by atoms with E-state index in [0.29, 0.717) is 16.5 Å². The molecule has 1 rings (SSSR count). The van der Waals surface area contributed by atoms with Crippen molar-refractivity contribution in [2.24, 2.45) is 0 Å². The maximum absolute atomic E-state index is 11.4. The molecule has 0 unspecified atom stereocenters. The van der Waals surface area contributed by atoms with E-state index < -0.39 is 11.7 Å². The van der Waals surface area contributed by atoms with Crippen LogP contribution in [0.25, 0.3) is 0 Å². The number of ether oxygens (including phenoxy) is 2. The highest BCUT2D eigenvalue weighted by Gasteiger charge is 2.15. The Hall–Kier alpha value is -1.93. The minimum atomic E-state index is -0.530. The van der Waals surface area contributed by atoms with Crippen LogP contribution in [0.2, 0.25) is 5.02 Å². The van der Waals surface area contributed by atoms with E-state index in [1.807, 2.05) is 0 Å². The fraction of sp³-hybridized carbons (Fsp3) is 0.429. The predicted molar refractivity (Wildman–Crippen MR) is 76.9 cm³/mol. The number of pyridine rings is 1. The molecule has 1 aromatic rings. The molecule has 0 aliphatic carbocycles. The predicted octanol–water partition coefficient (Wildman–Crippen LogP) is 2.62. The zero-order valence-corrected chi connectivity index (χ0v) is 12.7. The molecule has 5 nitrogen and oxygen atoms in total. The molecule has 6 heteroatoms. The Bertz CT molecular complexity index is 542. The van der Waals surface area contributed by atoms with Crippen molar-refractivity contribution in [2.45, 2.75) is 26.4 Å². The number of rotatable bonds is 2. The monoisotopic (exact) mass is 296 g/mol. The maximum atomic E-state index is 11.4. The summed E-state index contributed by atoms with van der Waals surface area (Å²) in [6, 6.07) is 1.65. The molecule has 0 saturated heterocycles. The lowest BCUT2D eigenvalue weighted by Crippen LogP contribution is -2.32. The van der Waals surface area contributed by atoms with E-state index in [4.69, 9.17) is 21.1 Å². The molecule has 0 spiro atoms. The summed E-state index contributed by atoms with van der Waals surface area (Å²) in [6.45, 7) is 5.53. The molecule has 0 radical (unpaired) electrons. The van der Waals surface area contributed by atoms with Crippen LogP contribution in [0.1, 0.15) is 26.3 Å². The van der Waals surface area contributed by atoms with Crippen LogP contribution >= 0.6 is 11.6 Å². The second-order valence-corrected chi connectivity index (χ2v) is 5.30. The molecule has 0 aliphatic rings. The van der Waals surface area contributed by atoms with Crippen LogP contribution in [-0.4, -0.2) is 30.3 Å². The summed E-state index contributed by atoms with van der Waals surface area (Å²) >= 11 is 5.83. The molecule has 1 N–H and O–H groups in total. The van der Waals surface area contributed by atoms with Gasteiger partial charge in [-0.1, -0.05) is 23.4 Å². The first kappa shape index (κ1) is 16.1. The van der Waals surface area contributed by atoms with Gasteiger partial charge in [-0.05, 0) is 26.8 Å². The van der Waals surface area contributed by atoms with Crippen molar-refractivity contribution in [2.75, 3.05) is 13.7 Å². The van der Waals surface area contributed by atoms with Crippen LogP contribution in [0, 0.1) is 11.8 Å². The molecule has 0 atom stereocenters. The quantitative estimate of drug-likeness (QED) is 0.852. The zero-order valence-electron chi connectivity index (χ0n) is 11.9. The number of alkyl carbamates (subject to hydrolysis) is 1. The van der Waals surface area contributed by atoms with Crippen LogP contribution in [0.15, 0.2) is 12.3 Å². The Kier molecular flexibility index (Phi) is 5.66. The normalized spacial score (nSPS) is 10.2. The molecular formula is C14H17ClN2O3. The third kappa shape index (κ3) is 5.81. The second kappa shape index (κ2) is 7.01. The van der Waals surface area contributed by atoms with Crippen LogP contribution in [0.3, 0.4) is 0 Å². The molecule has 1 amide bonds. The highest BCUT2D eigenvalue weighted by atomic mass is 35.5. The number of carbonyl (C=O) groups excluding carboxylic acids is 1. The van der Waals surface area contributed by atoms with Gasteiger partial charge >= 0.3 is 6.09 Å². The van der Waals surface area contributed by atoms with Crippen LogP contribution in [0.4, 0.5) is 4.79 Å². The third-order valence-corrected chi connectivity index (χ3v) is 2.16. The van der Waals surface area contributed by atoms with Gasteiger partial charge in [0, 0.05) is 6.20 Å².